The third-order valence-corrected chi connectivity index (χ3v) is 8.28. The number of aliphatic hydroxyl groups is 1. The molecule has 4 heteroatoms. The van der Waals surface area contributed by atoms with E-state index in [4.69, 9.17) is 0 Å². The number of benzene rings is 2. The van der Waals surface area contributed by atoms with Crippen LogP contribution in [0, 0.1) is 0 Å². The van der Waals surface area contributed by atoms with Gasteiger partial charge in [0, 0.05) is 49.3 Å². The van der Waals surface area contributed by atoms with Crippen LogP contribution >= 0.6 is 0 Å². The van der Waals surface area contributed by atoms with Gasteiger partial charge in [-0.2, -0.15) is 0 Å². The number of pyridine rings is 1. The van der Waals surface area contributed by atoms with Crippen molar-refractivity contribution in [2.45, 2.75) is 49.5 Å². The van der Waals surface area contributed by atoms with Gasteiger partial charge in [0.25, 0.3) is 0 Å². The Kier molecular flexibility index (Phi) is 5.04. The van der Waals surface area contributed by atoms with E-state index in [1.54, 1.807) is 0 Å². The van der Waals surface area contributed by atoms with Crippen LogP contribution in [0.15, 0.2) is 66.9 Å². The molecular formula is C29H33N3O. The maximum absolute atomic E-state index is 11.6. The summed E-state index contributed by atoms with van der Waals surface area (Å²) in [5.41, 5.74) is 6.30. The Labute approximate surface area is 196 Å². The van der Waals surface area contributed by atoms with Crippen molar-refractivity contribution in [2.75, 3.05) is 31.5 Å². The lowest BCUT2D eigenvalue weighted by Gasteiger charge is -2.43. The van der Waals surface area contributed by atoms with Gasteiger partial charge in [0.2, 0.25) is 0 Å². The molecule has 6 rings (SSSR count). The number of anilines is 1. The second kappa shape index (κ2) is 7.96. The van der Waals surface area contributed by atoms with Crippen LogP contribution in [-0.2, 0) is 11.0 Å². The predicted octanol–water partition coefficient (Wildman–Crippen LogP) is 5.02. The number of likely N-dealkylation sites (tertiary alicyclic amines) is 1. The molecule has 0 unspecified atom stereocenters. The molecule has 0 amide bonds. The number of hydrogen-bond acceptors (Lipinski definition) is 4. The molecule has 1 fully saturated rings. The molecule has 4 nitrogen and oxygen atoms in total. The fourth-order valence-electron chi connectivity index (χ4n) is 6.71. The summed E-state index contributed by atoms with van der Waals surface area (Å²) in [4.78, 5) is 7.12. The van der Waals surface area contributed by atoms with Gasteiger partial charge in [0.1, 0.15) is 5.82 Å². The molecule has 2 aromatic carbocycles. The molecule has 1 saturated heterocycles. The van der Waals surface area contributed by atoms with Crippen LogP contribution in [0.25, 0.3) is 0 Å². The minimum Gasteiger partial charge on any atom is -0.385 e. The number of hydrogen-bond donors (Lipinski definition) is 2. The summed E-state index contributed by atoms with van der Waals surface area (Å²) >= 11 is 0. The molecule has 3 aliphatic rings. The van der Waals surface area contributed by atoms with Crippen molar-refractivity contribution < 1.29 is 5.11 Å². The van der Waals surface area contributed by atoms with Gasteiger partial charge in [-0.3, -0.25) is 0 Å². The summed E-state index contributed by atoms with van der Waals surface area (Å²) in [6, 6.07) is 22.1. The van der Waals surface area contributed by atoms with Gasteiger partial charge in [-0.1, -0.05) is 61.5 Å². The van der Waals surface area contributed by atoms with Gasteiger partial charge in [-0.15, -0.1) is 0 Å². The zero-order valence-corrected chi connectivity index (χ0v) is 19.4. The van der Waals surface area contributed by atoms with Crippen LogP contribution in [0.1, 0.15) is 66.3 Å². The van der Waals surface area contributed by atoms with Crippen molar-refractivity contribution in [3.8, 4) is 0 Å². The second-order valence-electron chi connectivity index (χ2n) is 10.1. The number of fused-ring (bicyclic) bond motifs is 8. The van der Waals surface area contributed by atoms with Gasteiger partial charge in [-0.25, -0.2) is 4.98 Å². The Hall–Kier alpha value is -2.69. The highest BCUT2D eigenvalue weighted by Gasteiger charge is 2.53. The fraction of sp³-hybridized carbons (Fsp3) is 0.414. The number of piperidine rings is 1. The van der Waals surface area contributed by atoms with Crippen LogP contribution in [-0.4, -0.2) is 41.2 Å². The summed E-state index contributed by atoms with van der Waals surface area (Å²) in [5.74, 6) is 1.37. The third kappa shape index (κ3) is 3.23. The Morgan fingerprint density at radius 2 is 1.58 bits per heavy atom. The Bertz CT molecular complexity index is 1120. The molecule has 2 bridgehead atoms. The summed E-state index contributed by atoms with van der Waals surface area (Å²) in [6.07, 6.45) is 5.50. The molecule has 170 valence electrons. The van der Waals surface area contributed by atoms with E-state index in [1.165, 1.54) is 28.7 Å². The first-order valence-corrected chi connectivity index (χ1v) is 12.5. The molecule has 3 aromatic rings. The third-order valence-electron chi connectivity index (χ3n) is 8.28. The number of nitrogens with zero attached hydrogens (tertiary/aromatic N) is 2. The van der Waals surface area contributed by atoms with Crippen molar-refractivity contribution in [2.24, 2.45) is 0 Å². The van der Waals surface area contributed by atoms with Crippen LogP contribution < -0.4 is 5.32 Å². The smallest absolute Gasteiger partial charge is 0.132 e. The van der Waals surface area contributed by atoms with Crippen LogP contribution in [0.5, 0.6) is 0 Å². The topological polar surface area (TPSA) is 48.4 Å². The quantitative estimate of drug-likeness (QED) is 0.566. The van der Waals surface area contributed by atoms with E-state index in [2.05, 4.69) is 70.7 Å². The number of rotatable bonds is 6. The average molecular weight is 440 g/mol. The standard InChI is InChI=1S/C29H33N3O/c1-2-15-30-27-26(12-7-16-31-27)29(33)13-17-32(18-14-29)20-28-19-23(21-8-3-5-10-24(21)28)22-9-4-6-11-25(22)28/h3-12,16,23,33H,2,13-15,17-20H2,1H3,(H,30,31). The van der Waals surface area contributed by atoms with Gasteiger partial charge < -0.3 is 15.3 Å². The van der Waals surface area contributed by atoms with Crippen LogP contribution in [0.3, 0.4) is 0 Å². The van der Waals surface area contributed by atoms with E-state index in [1.807, 2.05) is 18.3 Å². The lowest BCUT2D eigenvalue weighted by Crippen LogP contribution is -2.48. The van der Waals surface area contributed by atoms with Crippen molar-refractivity contribution in [1.82, 2.24) is 9.88 Å². The highest BCUT2D eigenvalue weighted by atomic mass is 16.3. The van der Waals surface area contributed by atoms with Gasteiger partial charge in [0.15, 0.2) is 0 Å². The average Bonchev–Trinajstić information content (AvgIpc) is 3.37. The molecule has 0 atom stereocenters. The summed E-state index contributed by atoms with van der Waals surface area (Å²) in [5, 5.41) is 15.1. The van der Waals surface area contributed by atoms with E-state index in [9.17, 15) is 5.11 Å². The van der Waals surface area contributed by atoms with Crippen molar-refractivity contribution in [3.05, 3.63) is 94.7 Å². The zero-order valence-electron chi connectivity index (χ0n) is 19.4. The molecule has 2 heterocycles. The van der Waals surface area contributed by atoms with E-state index in [-0.39, 0.29) is 5.41 Å². The van der Waals surface area contributed by atoms with Gasteiger partial charge in [0.05, 0.1) is 5.60 Å². The molecule has 2 N–H and O–H groups in total. The van der Waals surface area contributed by atoms with Gasteiger partial charge >= 0.3 is 0 Å². The molecule has 0 saturated carbocycles. The summed E-state index contributed by atoms with van der Waals surface area (Å²) < 4.78 is 0. The Morgan fingerprint density at radius 1 is 0.939 bits per heavy atom. The highest BCUT2D eigenvalue weighted by Crippen LogP contribution is 2.60. The molecule has 0 spiro atoms. The lowest BCUT2D eigenvalue weighted by atomic mass is 9.74. The first-order chi connectivity index (χ1) is 16.1. The van der Waals surface area contributed by atoms with Crippen molar-refractivity contribution in [3.63, 3.8) is 0 Å². The molecular weight excluding hydrogens is 406 g/mol. The van der Waals surface area contributed by atoms with Gasteiger partial charge in [-0.05, 0) is 54.0 Å². The normalized spacial score (nSPS) is 25.0. The van der Waals surface area contributed by atoms with Crippen LogP contribution in [0.4, 0.5) is 5.82 Å². The minimum atomic E-state index is -0.817. The van der Waals surface area contributed by atoms with E-state index in [0.29, 0.717) is 5.92 Å². The molecule has 0 radical (unpaired) electrons. The van der Waals surface area contributed by atoms with E-state index >= 15 is 0 Å². The second-order valence-corrected chi connectivity index (χ2v) is 10.1. The molecule has 1 aromatic heterocycles. The SMILES string of the molecule is CCCNc1ncccc1C1(O)CCN(CC23CC(c4ccccc42)c2ccccc23)CC1. The number of nitrogens with one attached hydrogen (secondary N) is 1. The van der Waals surface area contributed by atoms with E-state index in [0.717, 1.165) is 56.8 Å². The molecule has 1 aliphatic heterocycles. The maximum Gasteiger partial charge on any atom is 0.132 e. The van der Waals surface area contributed by atoms with Crippen LogP contribution in [0.2, 0.25) is 0 Å². The summed E-state index contributed by atoms with van der Waals surface area (Å²) in [6.45, 7) is 5.84. The van der Waals surface area contributed by atoms with Crippen molar-refractivity contribution in [1.29, 1.82) is 0 Å². The maximum atomic E-state index is 11.6. The van der Waals surface area contributed by atoms with Crippen molar-refractivity contribution >= 4 is 5.82 Å². The fourth-order valence-corrected chi connectivity index (χ4v) is 6.71. The summed E-state index contributed by atoms with van der Waals surface area (Å²) in [7, 11) is 0. The monoisotopic (exact) mass is 439 g/mol. The largest absolute Gasteiger partial charge is 0.385 e. The first kappa shape index (κ1) is 20.9. The van der Waals surface area contributed by atoms with E-state index < -0.39 is 5.60 Å². The molecule has 33 heavy (non-hydrogen) atoms. The first-order valence-electron chi connectivity index (χ1n) is 12.5. The highest BCUT2D eigenvalue weighted by molar-refractivity contribution is 5.63. The minimum absolute atomic E-state index is 0.0788. The predicted molar refractivity (Wildman–Crippen MR) is 133 cm³/mol. The Morgan fingerprint density at radius 3 is 2.24 bits per heavy atom. The number of aromatic nitrogens is 1. The lowest BCUT2D eigenvalue weighted by molar-refractivity contribution is -0.0286. The Balaban J connectivity index is 1.25. The zero-order chi connectivity index (χ0) is 22.5. The molecule has 2 aliphatic carbocycles.